The fraction of sp³-hybridized carbons (Fsp3) is 0.588. The molecular weight excluding hydrogens is 415 g/mol. The Morgan fingerprint density at radius 2 is 1.85 bits per heavy atom. The number of ether oxygens (including phenoxy) is 1. The molecule has 0 saturated carbocycles. The van der Waals surface area contributed by atoms with Gasteiger partial charge in [0.25, 0.3) is 0 Å². The third-order valence-corrected chi connectivity index (χ3v) is 5.17. The largest absolute Gasteiger partial charge is 0.381 e. The van der Waals surface area contributed by atoms with E-state index >= 15 is 0 Å². The second-order valence-electron chi connectivity index (χ2n) is 6.69. The summed E-state index contributed by atoms with van der Waals surface area (Å²) in [5.74, 6) is 0.255. The molecule has 3 rings (SSSR count). The second kappa shape index (κ2) is 10.4. The van der Waals surface area contributed by atoms with Crippen LogP contribution >= 0.6 is 36.4 Å². The number of nitrogens with two attached hydrogens (primary N) is 1. The standard InChI is InChI=1S/C17H23ClN4O3.2ClH/c18-13-1-2-14(20-11-13)21-15(23)12-3-7-22(8-4-12)16(24)17(19)5-9-25-10-6-17;;/h1-2,11-12H,3-10,19H2,(H,20,21,23);2*1H. The van der Waals surface area contributed by atoms with Gasteiger partial charge in [0.2, 0.25) is 11.8 Å². The van der Waals surface area contributed by atoms with Gasteiger partial charge in [-0.05, 0) is 37.8 Å². The van der Waals surface area contributed by atoms with Gasteiger partial charge >= 0.3 is 0 Å². The lowest BCUT2D eigenvalue weighted by molar-refractivity contribution is -0.143. The third-order valence-electron chi connectivity index (χ3n) is 4.94. The van der Waals surface area contributed by atoms with Crippen LogP contribution in [0.3, 0.4) is 0 Å². The van der Waals surface area contributed by atoms with Crippen molar-refractivity contribution in [2.75, 3.05) is 31.6 Å². The van der Waals surface area contributed by atoms with Gasteiger partial charge in [-0.1, -0.05) is 11.6 Å². The first kappa shape index (κ1) is 23.9. The fourth-order valence-electron chi connectivity index (χ4n) is 3.29. The topological polar surface area (TPSA) is 97.6 Å². The second-order valence-corrected chi connectivity index (χ2v) is 7.12. The molecule has 0 aromatic carbocycles. The van der Waals surface area contributed by atoms with Gasteiger partial charge in [0.05, 0.1) is 10.6 Å². The highest BCUT2D eigenvalue weighted by atomic mass is 35.5. The minimum absolute atomic E-state index is 0. The monoisotopic (exact) mass is 438 g/mol. The van der Waals surface area contributed by atoms with E-state index in [2.05, 4.69) is 10.3 Å². The number of amides is 2. The Bertz CT molecular complexity index is 631. The maximum Gasteiger partial charge on any atom is 0.242 e. The predicted molar refractivity (Wildman–Crippen MR) is 109 cm³/mol. The Morgan fingerprint density at radius 1 is 1.22 bits per heavy atom. The lowest BCUT2D eigenvalue weighted by Gasteiger charge is -2.39. The molecule has 1 aromatic heterocycles. The number of piperidine rings is 1. The first-order valence-electron chi connectivity index (χ1n) is 8.56. The number of likely N-dealkylation sites (tertiary alicyclic amines) is 1. The minimum atomic E-state index is -0.819. The Labute approximate surface area is 176 Å². The molecule has 0 bridgehead atoms. The molecule has 1 aromatic rings. The van der Waals surface area contributed by atoms with E-state index in [4.69, 9.17) is 22.1 Å². The molecule has 0 unspecified atom stereocenters. The summed E-state index contributed by atoms with van der Waals surface area (Å²) < 4.78 is 5.30. The number of nitrogens with one attached hydrogen (secondary N) is 1. The van der Waals surface area contributed by atoms with Crippen molar-refractivity contribution in [3.63, 3.8) is 0 Å². The van der Waals surface area contributed by atoms with Crippen molar-refractivity contribution in [3.8, 4) is 0 Å². The van der Waals surface area contributed by atoms with E-state index in [1.807, 2.05) is 0 Å². The SMILES string of the molecule is Cl.Cl.NC1(C(=O)N2CCC(C(=O)Nc3ccc(Cl)cn3)CC2)CCOCC1. The Hall–Kier alpha value is -1.12. The molecule has 2 saturated heterocycles. The average molecular weight is 440 g/mol. The number of anilines is 1. The van der Waals surface area contributed by atoms with Crippen molar-refractivity contribution in [2.24, 2.45) is 11.7 Å². The molecule has 27 heavy (non-hydrogen) atoms. The maximum absolute atomic E-state index is 12.7. The number of carbonyl (C=O) groups is 2. The van der Waals surface area contributed by atoms with Crippen LogP contribution in [0.2, 0.25) is 5.02 Å². The zero-order valence-electron chi connectivity index (χ0n) is 14.9. The number of carbonyl (C=O) groups excluding carboxylic acids is 2. The van der Waals surface area contributed by atoms with Crippen molar-refractivity contribution in [1.82, 2.24) is 9.88 Å². The molecule has 7 nitrogen and oxygen atoms in total. The number of halogens is 3. The van der Waals surface area contributed by atoms with Gasteiger partial charge < -0.3 is 20.7 Å². The van der Waals surface area contributed by atoms with Crippen LogP contribution in [0.4, 0.5) is 5.82 Å². The highest BCUT2D eigenvalue weighted by molar-refractivity contribution is 6.30. The van der Waals surface area contributed by atoms with E-state index in [0.29, 0.717) is 62.8 Å². The summed E-state index contributed by atoms with van der Waals surface area (Å²) in [4.78, 5) is 30.9. The molecule has 3 heterocycles. The van der Waals surface area contributed by atoms with Crippen LogP contribution < -0.4 is 11.1 Å². The summed E-state index contributed by atoms with van der Waals surface area (Å²) in [5.41, 5.74) is 5.45. The lowest BCUT2D eigenvalue weighted by Crippen LogP contribution is -2.59. The van der Waals surface area contributed by atoms with E-state index < -0.39 is 5.54 Å². The van der Waals surface area contributed by atoms with Crippen molar-refractivity contribution in [2.45, 2.75) is 31.2 Å². The number of aromatic nitrogens is 1. The van der Waals surface area contributed by atoms with Crippen LogP contribution in [-0.4, -0.2) is 53.5 Å². The summed E-state index contributed by atoms with van der Waals surface area (Å²) in [6, 6.07) is 3.35. The lowest BCUT2D eigenvalue weighted by atomic mass is 9.88. The third kappa shape index (κ3) is 5.93. The molecule has 152 valence electrons. The smallest absolute Gasteiger partial charge is 0.242 e. The summed E-state index contributed by atoms with van der Waals surface area (Å²) in [5, 5.41) is 3.32. The Morgan fingerprint density at radius 3 is 2.41 bits per heavy atom. The van der Waals surface area contributed by atoms with Crippen LogP contribution in [0.25, 0.3) is 0 Å². The van der Waals surface area contributed by atoms with E-state index in [-0.39, 0.29) is 42.5 Å². The predicted octanol–water partition coefficient (Wildman–Crippen LogP) is 2.26. The zero-order valence-corrected chi connectivity index (χ0v) is 17.2. The average Bonchev–Trinajstić information content (AvgIpc) is 2.64. The molecule has 2 fully saturated rings. The number of nitrogens with zero attached hydrogens (tertiary/aromatic N) is 2. The van der Waals surface area contributed by atoms with Crippen LogP contribution in [0.5, 0.6) is 0 Å². The number of hydrogen-bond donors (Lipinski definition) is 2. The van der Waals surface area contributed by atoms with E-state index in [9.17, 15) is 9.59 Å². The van der Waals surface area contributed by atoms with Gasteiger partial charge in [0.1, 0.15) is 5.82 Å². The van der Waals surface area contributed by atoms with Gasteiger partial charge in [-0.25, -0.2) is 4.98 Å². The van der Waals surface area contributed by atoms with Gasteiger partial charge in [0, 0.05) is 38.4 Å². The minimum Gasteiger partial charge on any atom is -0.381 e. The highest BCUT2D eigenvalue weighted by Gasteiger charge is 2.40. The quantitative estimate of drug-likeness (QED) is 0.753. The summed E-state index contributed by atoms with van der Waals surface area (Å²) >= 11 is 5.79. The van der Waals surface area contributed by atoms with Crippen molar-refractivity contribution in [3.05, 3.63) is 23.4 Å². The van der Waals surface area contributed by atoms with Crippen LogP contribution in [0.1, 0.15) is 25.7 Å². The molecule has 0 aliphatic carbocycles. The first-order chi connectivity index (χ1) is 12.0. The fourth-order valence-corrected chi connectivity index (χ4v) is 3.40. The van der Waals surface area contributed by atoms with E-state index in [0.717, 1.165) is 0 Å². The number of rotatable bonds is 3. The van der Waals surface area contributed by atoms with Gasteiger partial charge in [-0.2, -0.15) is 0 Å². The molecule has 2 aliphatic heterocycles. The summed E-state index contributed by atoms with van der Waals surface area (Å²) in [6.07, 6.45) is 3.84. The molecule has 0 atom stereocenters. The van der Waals surface area contributed by atoms with E-state index in [1.165, 1.54) is 6.20 Å². The van der Waals surface area contributed by atoms with Crippen LogP contribution in [-0.2, 0) is 14.3 Å². The van der Waals surface area contributed by atoms with Crippen LogP contribution in [0, 0.1) is 5.92 Å². The van der Waals surface area contributed by atoms with Crippen molar-refractivity contribution in [1.29, 1.82) is 0 Å². The normalized spacial score (nSPS) is 19.4. The summed E-state index contributed by atoms with van der Waals surface area (Å²) in [6.45, 7) is 2.14. The zero-order chi connectivity index (χ0) is 17.9. The maximum atomic E-state index is 12.7. The molecule has 2 aliphatic rings. The molecule has 10 heteroatoms. The number of pyridine rings is 1. The van der Waals surface area contributed by atoms with Crippen molar-refractivity contribution >= 4 is 54.0 Å². The Kier molecular flexibility index (Phi) is 9.24. The van der Waals surface area contributed by atoms with Crippen molar-refractivity contribution < 1.29 is 14.3 Å². The first-order valence-corrected chi connectivity index (χ1v) is 8.94. The molecule has 0 spiro atoms. The van der Waals surface area contributed by atoms with Gasteiger partial charge in [-0.15, -0.1) is 24.8 Å². The molecule has 3 N–H and O–H groups in total. The molecular formula is C17H25Cl3N4O3. The molecule has 2 amide bonds. The molecule has 0 radical (unpaired) electrons. The number of hydrogen-bond acceptors (Lipinski definition) is 5. The summed E-state index contributed by atoms with van der Waals surface area (Å²) in [7, 11) is 0. The van der Waals surface area contributed by atoms with Crippen LogP contribution in [0.15, 0.2) is 18.3 Å². The van der Waals surface area contributed by atoms with E-state index in [1.54, 1.807) is 17.0 Å². The highest BCUT2D eigenvalue weighted by Crippen LogP contribution is 2.25. The van der Waals surface area contributed by atoms with Gasteiger partial charge in [-0.3, -0.25) is 9.59 Å². The van der Waals surface area contributed by atoms with Gasteiger partial charge in [0.15, 0.2) is 0 Å². The Balaban J connectivity index is 0.00000182.